The number of aromatic nitrogens is 4. The van der Waals surface area contributed by atoms with Crippen LogP contribution in [0.3, 0.4) is 0 Å². The third kappa shape index (κ3) is 1.95. The number of hydrogen-bond donors (Lipinski definition) is 1. The molecule has 6 heteroatoms. The second-order valence-corrected chi connectivity index (χ2v) is 4.68. The molecule has 3 aromatic rings. The van der Waals surface area contributed by atoms with Crippen LogP contribution in [0.1, 0.15) is 11.4 Å². The topological polar surface area (TPSA) is 78.8 Å². The van der Waals surface area contributed by atoms with Gasteiger partial charge in [0.05, 0.1) is 16.6 Å². The third-order valence-electron chi connectivity index (χ3n) is 3.26. The quantitative estimate of drug-likeness (QED) is 0.722. The summed E-state index contributed by atoms with van der Waals surface area (Å²) in [5.41, 5.74) is 9.03. The molecule has 0 aliphatic heterocycles. The summed E-state index contributed by atoms with van der Waals surface area (Å²) in [6.45, 7) is 3.85. The zero-order valence-electron chi connectivity index (χ0n) is 11.6. The molecule has 2 N–H and O–H groups in total. The van der Waals surface area contributed by atoms with E-state index in [1.165, 1.54) is 6.33 Å². The second kappa shape index (κ2) is 4.48. The highest BCUT2D eigenvalue weighted by Gasteiger charge is 2.14. The zero-order chi connectivity index (χ0) is 14.3. The van der Waals surface area contributed by atoms with Crippen LogP contribution in [0.4, 0.5) is 5.69 Å². The number of hydrogen-bond acceptors (Lipinski definition) is 5. The molecule has 0 fully saturated rings. The molecule has 0 radical (unpaired) electrons. The Bertz CT molecular complexity index is 794. The van der Waals surface area contributed by atoms with Crippen molar-refractivity contribution in [1.29, 1.82) is 0 Å². The number of rotatable bonds is 2. The summed E-state index contributed by atoms with van der Waals surface area (Å²) >= 11 is 0. The van der Waals surface area contributed by atoms with Crippen LogP contribution in [0, 0.1) is 13.8 Å². The second-order valence-electron chi connectivity index (χ2n) is 4.68. The molecule has 102 valence electrons. The Hall–Kier alpha value is -2.63. The summed E-state index contributed by atoms with van der Waals surface area (Å²) < 4.78 is 7.72. The monoisotopic (exact) mass is 269 g/mol. The van der Waals surface area contributed by atoms with Gasteiger partial charge in [-0.1, -0.05) is 0 Å². The van der Waals surface area contributed by atoms with E-state index in [0.29, 0.717) is 11.6 Å². The molecule has 1 aromatic carbocycles. The van der Waals surface area contributed by atoms with E-state index in [9.17, 15) is 0 Å². The fourth-order valence-electron chi connectivity index (χ4n) is 2.13. The van der Waals surface area contributed by atoms with E-state index in [4.69, 9.17) is 10.5 Å². The summed E-state index contributed by atoms with van der Waals surface area (Å²) in [5, 5.41) is 5.12. The summed E-state index contributed by atoms with van der Waals surface area (Å²) in [6.07, 6.45) is 1.48. The van der Waals surface area contributed by atoms with E-state index >= 15 is 0 Å². The van der Waals surface area contributed by atoms with Gasteiger partial charge in [-0.15, -0.1) is 0 Å². The van der Waals surface area contributed by atoms with Crippen molar-refractivity contribution in [3.8, 4) is 11.6 Å². The van der Waals surface area contributed by atoms with Crippen molar-refractivity contribution in [1.82, 2.24) is 19.7 Å². The summed E-state index contributed by atoms with van der Waals surface area (Å²) in [6, 6.07) is 5.47. The maximum atomic E-state index is 5.94. The molecule has 2 heterocycles. The Morgan fingerprint density at radius 3 is 2.70 bits per heavy atom. The number of nitrogens with two attached hydrogens (primary N) is 1. The van der Waals surface area contributed by atoms with E-state index in [1.807, 2.05) is 33.0 Å². The van der Waals surface area contributed by atoms with E-state index in [0.717, 1.165) is 28.0 Å². The Morgan fingerprint density at radius 2 is 2.00 bits per heavy atom. The van der Waals surface area contributed by atoms with Gasteiger partial charge < -0.3 is 10.5 Å². The number of nitrogens with zero attached hydrogens (tertiary/aromatic N) is 4. The van der Waals surface area contributed by atoms with E-state index < -0.39 is 0 Å². The van der Waals surface area contributed by atoms with Crippen molar-refractivity contribution in [2.75, 3.05) is 5.73 Å². The molecule has 0 amide bonds. The van der Waals surface area contributed by atoms with Crippen LogP contribution in [0.15, 0.2) is 24.5 Å². The number of benzene rings is 1. The normalized spacial score (nSPS) is 10.9. The number of anilines is 1. The summed E-state index contributed by atoms with van der Waals surface area (Å²) in [4.78, 5) is 8.42. The van der Waals surface area contributed by atoms with Crippen molar-refractivity contribution < 1.29 is 4.74 Å². The first-order valence-corrected chi connectivity index (χ1v) is 6.24. The molecule has 0 saturated carbocycles. The Labute approximate surface area is 116 Å². The highest BCUT2D eigenvalue weighted by molar-refractivity contribution is 5.86. The number of aryl methyl sites for hydroxylation is 2. The van der Waals surface area contributed by atoms with Gasteiger partial charge in [0.2, 0.25) is 5.88 Å². The van der Waals surface area contributed by atoms with Crippen LogP contribution in [-0.2, 0) is 7.05 Å². The van der Waals surface area contributed by atoms with Gasteiger partial charge in [-0.3, -0.25) is 4.68 Å². The lowest BCUT2D eigenvalue weighted by Crippen LogP contribution is -1.95. The molecule has 0 bridgehead atoms. The van der Waals surface area contributed by atoms with Gasteiger partial charge in [0.25, 0.3) is 0 Å². The highest BCUT2D eigenvalue weighted by atomic mass is 16.5. The summed E-state index contributed by atoms with van der Waals surface area (Å²) in [5.74, 6) is 1.21. The SMILES string of the molecule is Cc1nn(C)c(C)c1Oc1ncnc2ccc(N)cc12. The maximum Gasteiger partial charge on any atom is 0.230 e. The average Bonchev–Trinajstić information content (AvgIpc) is 2.66. The van der Waals surface area contributed by atoms with E-state index in [-0.39, 0.29) is 0 Å². The number of ether oxygens (including phenoxy) is 1. The van der Waals surface area contributed by atoms with Crippen molar-refractivity contribution in [2.45, 2.75) is 13.8 Å². The Balaban J connectivity index is 2.13. The molecule has 20 heavy (non-hydrogen) atoms. The first-order valence-electron chi connectivity index (χ1n) is 6.24. The van der Waals surface area contributed by atoms with Crippen LogP contribution in [0.5, 0.6) is 11.6 Å². The van der Waals surface area contributed by atoms with Crippen LogP contribution in [0.25, 0.3) is 10.9 Å². The largest absolute Gasteiger partial charge is 0.434 e. The summed E-state index contributed by atoms with van der Waals surface area (Å²) in [7, 11) is 1.88. The fourth-order valence-corrected chi connectivity index (χ4v) is 2.13. The lowest BCUT2D eigenvalue weighted by molar-refractivity contribution is 0.460. The van der Waals surface area contributed by atoms with Gasteiger partial charge in [-0.05, 0) is 32.0 Å². The molecular weight excluding hydrogens is 254 g/mol. The number of fused-ring (bicyclic) bond motifs is 1. The molecule has 0 saturated heterocycles. The molecule has 0 spiro atoms. The van der Waals surface area contributed by atoms with Gasteiger partial charge in [0, 0.05) is 12.7 Å². The zero-order valence-corrected chi connectivity index (χ0v) is 11.6. The fraction of sp³-hybridized carbons (Fsp3) is 0.214. The smallest absolute Gasteiger partial charge is 0.230 e. The minimum absolute atomic E-state index is 0.488. The van der Waals surface area contributed by atoms with Gasteiger partial charge in [0.1, 0.15) is 12.0 Å². The number of nitrogen functional groups attached to an aromatic ring is 1. The Morgan fingerprint density at radius 1 is 1.20 bits per heavy atom. The van der Waals surface area contributed by atoms with Gasteiger partial charge in [0.15, 0.2) is 5.75 Å². The maximum absolute atomic E-state index is 5.94. The average molecular weight is 269 g/mol. The molecule has 0 aliphatic rings. The molecule has 6 nitrogen and oxygen atoms in total. The molecule has 2 aromatic heterocycles. The predicted molar refractivity (Wildman–Crippen MR) is 76.7 cm³/mol. The van der Waals surface area contributed by atoms with Crippen LogP contribution in [-0.4, -0.2) is 19.7 Å². The Kier molecular flexibility index (Phi) is 2.78. The minimum Gasteiger partial charge on any atom is -0.434 e. The lowest BCUT2D eigenvalue weighted by Gasteiger charge is -2.08. The first-order chi connectivity index (χ1) is 9.56. The van der Waals surface area contributed by atoms with Gasteiger partial charge in [-0.25, -0.2) is 9.97 Å². The van der Waals surface area contributed by atoms with E-state index in [2.05, 4.69) is 15.1 Å². The molecule has 0 aliphatic carbocycles. The van der Waals surface area contributed by atoms with Crippen LogP contribution < -0.4 is 10.5 Å². The minimum atomic E-state index is 0.488. The standard InChI is InChI=1S/C14H15N5O/c1-8-13(9(2)19(3)18-8)20-14-11-6-10(15)4-5-12(11)16-7-17-14/h4-7H,15H2,1-3H3. The highest BCUT2D eigenvalue weighted by Crippen LogP contribution is 2.31. The van der Waals surface area contributed by atoms with Crippen LogP contribution >= 0.6 is 0 Å². The molecule has 3 rings (SSSR count). The third-order valence-corrected chi connectivity index (χ3v) is 3.26. The first kappa shape index (κ1) is 12.4. The van der Waals surface area contributed by atoms with Gasteiger partial charge in [-0.2, -0.15) is 5.10 Å². The van der Waals surface area contributed by atoms with E-state index in [1.54, 1.807) is 10.7 Å². The van der Waals surface area contributed by atoms with Crippen molar-refractivity contribution in [3.05, 3.63) is 35.9 Å². The van der Waals surface area contributed by atoms with Gasteiger partial charge >= 0.3 is 0 Å². The molecular formula is C14H15N5O. The van der Waals surface area contributed by atoms with Crippen molar-refractivity contribution in [3.63, 3.8) is 0 Å². The van der Waals surface area contributed by atoms with Crippen molar-refractivity contribution >= 4 is 16.6 Å². The lowest BCUT2D eigenvalue weighted by atomic mass is 10.2. The predicted octanol–water partition coefficient (Wildman–Crippen LogP) is 2.35. The van der Waals surface area contributed by atoms with Crippen molar-refractivity contribution in [2.24, 2.45) is 7.05 Å². The molecule has 0 atom stereocenters. The van der Waals surface area contributed by atoms with Crippen LogP contribution in [0.2, 0.25) is 0 Å². The molecule has 0 unspecified atom stereocenters.